The summed E-state index contributed by atoms with van der Waals surface area (Å²) in [5, 5.41) is 0. The van der Waals surface area contributed by atoms with Gasteiger partial charge in [0.15, 0.2) is 0 Å². The number of anilines is 1. The fraction of sp³-hybridized carbons (Fsp3) is 0.793. The van der Waals surface area contributed by atoms with Crippen LogP contribution in [0, 0.1) is 18.8 Å². The number of benzene rings is 1. The molecule has 0 radical (unpaired) electrons. The van der Waals surface area contributed by atoms with E-state index in [0.717, 1.165) is 23.9 Å². The Hall–Kier alpha value is -1.02. The van der Waals surface area contributed by atoms with E-state index < -0.39 is 0 Å². The lowest BCUT2D eigenvalue weighted by atomic mass is 9.79. The normalized spacial score (nSPS) is 32.6. The van der Waals surface area contributed by atoms with Crippen molar-refractivity contribution in [3.05, 3.63) is 29.8 Å². The minimum Gasteiger partial charge on any atom is -0.351 e. The Balaban J connectivity index is 1.57. The molecule has 0 N–H and O–H groups in total. The summed E-state index contributed by atoms with van der Waals surface area (Å²) in [7, 11) is 0. The molecule has 1 aromatic carbocycles. The quantitative estimate of drug-likeness (QED) is 0.490. The van der Waals surface area contributed by atoms with E-state index in [1.54, 1.807) is 0 Å². The Morgan fingerprint density at radius 1 is 0.677 bits per heavy atom. The Labute approximate surface area is 191 Å². The minimum absolute atomic E-state index is 0.631. The standard InChI is InChI=1S/C29H46N2/c1-22-14-12-13-21-27(22)30-23(2)28(24-15-6-3-7-16-24)31(26-19-10-5-11-20-26)29(30)25-17-8-4-9-18-25/h12-14,21,23-26,28-29H,3-11,15-20H2,1-2H3/t23-,28?,29?/m0/s1. The van der Waals surface area contributed by atoms with Gasteiger partial charge in [0.2, 0.25) is 0 Å². The number of aryl methyl sites for hydroxylation is 1. The molecule has 1 aromatic rings. The van der Waals surface area contributed by atoms with E-state index >= 15 is 0 Å². The predicted molar refractivity (Wildman–Crippen MR) is 133 cm³/mol. The Kier molecular flexibility index (Phi) is 6.93. The molecule has 2 unspecified atom stereocenters. The van der Waals surface area contributed by atoms with Crippen LogP contribution in [0.2, 0.25) is 0 Å². The lowest BCUT2D eigenvalue weighted by Gasteiger charge is -2.46. The molecular weight excluding hydrogens is 376 g/mol. The molecule has 2 nitrogen and oxygen atoms in total. The van der Waals surface area contributed by atoms with Crippen LogP contribution >= 0.6 is 0 Å². The second kappa shape index (κ2) is 9.86. The van der Waals surface area contributed by atoms with E-state index in [1.807, 2.05) is 0 Å². The van der Waals surface area contributed by atoms with Gasteiger partial charge in [0.1, 0.15) is 0 Å². The van der Waals surface area contributed by atoms with Crippen LogP contribution < -0.4 is 4.90 Å². The largest absolute Gasteiger partial charge is 0.351 e. The maximum absolute atomic E-state index is 3.18. The lowest BCUT2D eigenvalue weighted by molar-refractivity contribution is 0.0281. The molecule has 1 heterocycles. The van der Waals surface area contributed by atoms with E-state index in [-0.39, 0.29) is 0 Å². The molecule has 1 saturated heterocycles. The molecule has 2 heteroatoms. The van der Waals surface area contributed by atoms with Gasteiger partial charge < -0.3 is 4.90 Å². The summed E-state index contributed by atoms with van der Waals surface area (Å²) in [5.41, 5.74) is 3.01. The van der Waals surface area contributed by atoms with Crippen molar-refractivity contribution in [2.75, 3.05) is 4.90 Å². The highest BCUT2D eigenvalue weighted by molar-refractivity contribution is 5.56. The molecular formula is C29H46N2. The topological polar surface area (TPSA) is 6.48 Å². The van der Waals surface area contributed by atoms with Crippen LogP contribution in [0.5, 0.6) is 0 Å². The highest BCUT2D eigenvalue weighted by Crippen LogP contribution is 2.48. The third-order valence-electron chi connectivity index (χ3n) is 9.46. The van der Waals surface area contributed by atoms with Crippen LogP contribution in [-0.2, 0) is 0 Å². The Morgan fingerprint density at radius 3 is 1.84 bits per heavy atom. The minimum atomic E-state index is 0.631. The monoisotopic (exact) mass is 422 g/mol. The van der Waals surface area contributed by atoms with Gasteiger partial charge in [-0.15, -0.1) is 0 Å². The maximum atomic E-state index is 3.18. The van der Waals surface area contributed by atoms with Gasteiger partial charge >= 0.3 is 0 Å². The van der Waals surface area contributed by atoms with Crippen LogP contribution in [0.25, 0.3) is 0 Å². The molecule has 0 aromatic heterocycles. The molecule has 3 saturated carbocycles. The van der Waals surface area contributed by atoms with Crippen LogP contribution in [0.4, 0.5) is 5.69 Å². The van der Waals surface area contributed by atoms with Gasteiger partial charge in [-0.3, -0.25) is 4.90 Å². The first kappa shape index (κ1) is 21.8. The first-order chi connectivity index (χ1) is 15.3. The number of para-hydroxylation sites is 1. The zero-order chi connectivity index (χ0) is 21.2. The number of hydrogen-bond donors (Lipinski definition) is 0. The van der Waals surface area contributed by atoms with E-state index in [9.17, 15) is 0 Å². The van der Waals surface area contributed by atoms with Gasteiger partial charge in [-0.05, 0) is 75.8 Å². The second-order valence-corrected chi connectivity index (χ2v) is 11.4. The van der Waals surface area contributed by atoms with E-state index in [1.165, 1.54) is 108 Å². The molecule has 0 spiro atoms. The summed E-state index contributed by atoms with van der Waals surface area (Å²) in [6, 6.07) is 11.5. The average molecular weight is 423 g/mol. The average Bonchev–Trinajstić information content (AvgIpc) is 3.14. The summed E-state index contributed by atoms with van der Waals surface area (Å²) in [4.78, 5) is 6.14. The van der Waals surface area contributed by atoms with Crippen molar-refractivity contribution in [3.63, 3.8) is 0 Å². The smallest absolute Gasteiger partial charge is 0.0858 e. The van der Waals surface area contributed by atoms with Gasteiger partial charge in [-0.2, -0.15) is 0 Å². The fourth-order valence-corrected chi connectivity index (χ4v) is 8.04. The molecule has 172 valence electrons. The summed E-state index contributed by atoms with van der Waals surface area (Å²) in [6.45, 7) is 4.95. The van der Waals surface area contributed by atoms with Gasteiger partial charge in [0.25, 0.3) is 0 Å². The maximum Gasteiger partial charge on any atom is 0.0858 e. The number of rotatable bonds is 4. The third kappa shape index (κ3) is 4.31. The first-order valence-electron chi connectivity index (χ1n) is 13.9. The van der Waals surface area contributed by atoms with E-state index in [2.05, 4.69) is 47.9 Å². The van der Waals surface area contributed by atoms with Gasteiger partial charge in [-0.25, -0.2) is 0 Å². The lowest BCUT2D eigenvalue weighted by Crippen LogP contribution is -2.53. The number of hydrogen-bond acceptors (Lipinski definition) is 2. The zero-order valence-electron chi connectivity index (χ0n) is 20.3. The number of nitrogens with zero attached hydrogens (tertiary/aromatic N) is 2. The summed E-state index contributed by atoms with van der Waals surface area (Å²) >= 11 is 0. The molecule has 0 amide bonds. The Morgan fingerprint density at radius 2 is 1.23 bits per heavy atom. The van der Waals surface area contributed by atoms with Gasteiger partial charge in [0.05, 0.1) is 6.17 Å². The van der Waals surface area contributed by atoms with Crippen molar-refractivity contribution in [2.24, 2.45) is 11.8 Å². The van der Waals surface area contributed by atoms with Gasteiger partial charge in [-0.1, -0.05) is 76.0 Å². The van der Waals surface area contributed by atoms with Gasteiger partial charge in [0, 0.05) is 23.8 Å². The molecule has 3 atom stereocenters. The summed E-state index contributed by atoms with van der Waals surface area (Å²) < 4.78 is 0. The molecule has 4 aliphatic rings. The van der Waals surface area contributed by atoms with Crippen molar-refractivity contribution in [1.82, 2.24) is 4.90 Å². The van der Waals surface area contributed by atoms with Crippen LogP contribution in [-0.4, -0.2) is 29.2 Å². The fourth-order valence-electron chi connectivity index (χ4n) is 8.04. The second-order valence-electron chi connectivity index (χ2n) is 11.4. The molecule has 4 fully saturated rings. The highest BCUT2D eigenvalue weighted by atomic mass is 15.5. The van der Waals surface area contributed by atoms with Crippen LogP contribution in [0.15, 0.2) is 24.3 Å². The third-order valence-corrected chi connectivity index (χ3v) is 9.46. The molecule has 5 rings (SSSR count). The van der Waals surface area contributed by atoms with Crippen molar-refractivity contribution < 1.29 is 0 Å². The summed E-state index contributed by atoms with van der Waals surface area (Å²) in [6.07, 6.45) is 22.5. The van der Waals surface area contributed by atoms with Crippen molar-refractivity contribution in [1.29, 1.82) is 0 Å². The summed E-state index contributed by atoms with van der Waals surface area (Å²) in [5.74, 6) is 1.76. The SMILES string of the molecule is Cc1ccccc1N1C(C2CCCCC2)N(C2CCCCC2)C(C2CCCCC2)[C@@H]1C. The first-order valence-corrected chi connectivity index (χ1v) is 13.9. The van der Waals surface area contributed by atoms with Crippen molar-refractivity contribution in [2.45, 2.75) is 134 Å². The highest BCUT2D eigenvalue weighted by Gasteiger charge is 2.52. The zero-order valence-corrected chi connectivity index (χ0v) is 20.3. The van der Waals surface area contributed by atoms with Crippen LogP contribution in [0.1, 0.15) is 109 Å². The van der Waals surface area contributed by atoms with Crippen molar-refractivity contribution >= 4 is 5.69 Å². The molecule has 1 aliphatic heterocycles. The predicted octanol–water partition coefficient (Wildman–Crippen LogP) is 7.69. The van der Waals surface area contributed by atoms with E-state index in [4.69, 9.17) is 0 Å². The molecule has 0 bridgehead atoms. The van der Waals surface area contributed by atoms with E-state index in [0.29, 0.717) is 12.2 Å². The molecule has 3 aliphatic carbocycles. The molecule has 31 heavy (non-hydrogen) atoms. The van der Waals surface area contributed by atoms with Crippen molar-refractivity contribution in [3.8, 4) is 0 Å². The van der Waals surface area contributed by atoms with Crippen LogP contribution in [0.3, 0.4) is 0 Å². The Bertz CT molecular complexity index is 696.